The lowest BCUT2D eigenvalue weighted by Gasteiger charge is -2.29. The summed E-state index contributed by atoms with van der Waals surface area (Å²) in [5.74, 6) is -7.50. The van der Waals surface area contributed by atoms with Crippen molar-refractivity contribution < 1.29 is 38.4 Å². The Bertz CT molecular complexity index is 1000. The standard InChI is InChI=1S/C14H11BF2N4O6S/c16-5-1-4-2-7(15(25)27-11(4)8(9(5)17)13(23)24)20-12(22)10(21-26)6-3-28-14(18)19-6/h1,3,7,25-26H,2H2,(H2,18,19)(H,20,22)(H,23,24). The number of rotatable bonds is 4. The third kappa shape index (κ3) is 3.46. The summed E-state index contributed by atoms with van der Waals surface area (Å²) in [6.45, 7) is 0. The summed E-state index contributed by atoms with van der Waals surface area (Å²) < 4.78 is 32.5. The number of carboxylic acid groups (broad SMARTS) is 1. The Hall–Kier alpha value is -3.26. The fourth-order valence-electron chi connectivity index (χ4n) is 2.65. The lowest BCUT2D eigenvalue weighted by atomic mass is 9.72. The van der Waals surface area contributed by atoms with E-state index in [-0.39, 0.29) is 22.8 Å². The number of nitrogen functional groups attached to an aromatic ring is 1. The van der Waals surface area contributed by atoms with Gasteiger partial charge in [0.25, 0.3) is 5.91 Å². The number of aromatic carboxylic acids is 1. The zero-order valence-electron chi connectivity index (χ0n) is 13.7. The quantitative estimate of drug-likeness (QED) is 0.203. The zero-order valence-corrected chi connectivity index (χ0v) is 14.5. The Morgan fingerprint density at radius 2 is 2.18 bits per heavy atom. The molecule has 1 aliphatic heterocycles. The molecule has 6 N–H and O–H groups in total. The van der Waals surface area contributed by atoms with Crippen molar-refractivity contribution >= 4 is 41.2 Å². The maximum atomic E-state index is 13.8. The summed E-state index contributed by atoms with van der Waals surface area (Å²) in [6.07, 6.45) is -0.280. The molecule has 0 saturated carbocycles. The van der Waals surface area contributed by atoms with Crippen LogP contribution >= 0.6 is 11.3 Å². The third-order valence-corrected chi connectivity index (χ3v) is 4.56. The van der Waals surface area contributed by atoms with Gasteiger partial charge in [-0.1, -0.05) is 5.16 Å². The van der Waals surface area contributed by atoms with E-state index < -0.39 is 53.6 Å². The highest BCUT2D eigenvalue weighted by Gasteiger charge is 2.40. The van der Waals surface area contributed by atoms with E-state index in [0.29, 0.717) is 6.07 Å². The van der Waals surface area contributed by atoms with Crippen LogP contribution in [0.3, 0.4) is 0 Å². The van der Waals surface area contributed by atoms with Crippen LogP contribution in [0, 0.1) is 11.6 Å². The van der Waals surface area contributed by atoms with E-state index in [1.54, 1.807) is 0 Å². The fraction of sp³-hybridized carbons (Fsp3) is 0.143. The van der Waals surface area contributed by atoms with Crippen LogP contribution in [-0.4, -0.2) is 51.0 Å². The summed E-state index contributed by atoms with van der Waals surface area (Å²) in [6, 6.07) is 0.713. The Kier molecular flexibility index (Phi) is 5.15. The number of fused-ring (bicyclic) bond motifs is 1. The van der Waals surface area contributed by atoms with E-state index in [4.69, 9.17) is 20.7 Å². The van der Waals surface area contributed by atoms with Crippen LogP contribution in [0.2, 0.25) is 0 Å². The van der Waals surface area contributed by atoms with Crippen molar-refractivity contribution in [2.45, 2.75) is 12.4 Å². The molecule has 3 rings (SSSR count). The summed E-state index contributed by atoms with van der Waals surface area (Å²) in [7, 11) is -1.78. The van der Waals surface area contributed by atoms with Crippen LogP contribution in [0.1, 0.15) is 21.6 Å². The van der Waals surface area contributed by atoms with Crippen molar-refractivity contribution in [3.8, 4) is 5.75 Å². The number of nitrogens with two attached hydrogens (primary N) is 1. The number of hydrogen-bond donors (Lipinski definition) is 5. The number of nitrogens with zero attached hydrogens (tertiary/aromatic N) is 2. The smallest absolute Gasteiger partial charge is 0.534 e. The Balaban J connectivity index is 1.87. The first-order chi connectivity index (χ1) is 13.2. The van der Waals surface area contributed by atoms with Gasteiger partial charge in [-0.05, 0) is 18.1 Å². The molecule has 1 amide bonds. The van der Waals surface area contributed by atoms with Crippen LogP contribution in [0.25, 0.3) is 0 Å². The number of thiazole rings is 1. The van der Waals surface area contributed by atoms with Gasteiger partial charge in [0.1, 0.15) is 17.0 Å². The molecule has 0 bridgehead atoms. The predicted molar refractivity (Wildman–Crippen MR) is 92.4 cm³/mol. The molecule has 0 saturated heterocycles. The van der Waals surface area contributed by atoms with Crippen LogP contribution < -0.4 is 15.7 Å². The molecule has 0 spiro atoms. The normalized spacial score (nSPS) is 16.3. The van der Waals surface area contributed by atoms with Gasteiger partial charge in [-0.2, -0.15) is 0 Å². The fourth-order valence-corrected chi connectivity index (χ4v) is 3.20. The minimum atomic E-state index is -1.78. The third-order valence-electron chi connectivity index (χ3n) is 3.88. The molecule has 28 heavy (non-hydrogen) atoms. The van der Waals surface area contributed by atoms with Crippen LogP contribution in [0.15, 0.2) is 16.6 Å². The first kappa shape index (κ1) is 19.5. The van der Waals surface area contributed by atoms with Crippen molar-refractivity contribution in [2.75, 3.05) is 5.73 Å². The number of aromatic nitrogens is 1. The number of nitrogens with one attached hydrogen (secondary N) is 1. The van der Waals surface area contributed by atoms with Gasteiger partial charge in [0, 0.05) is 5.38 Å². The molecule has 1 aliphatic rings. The van der Waals surface area contributed by atoms with Gasteiger partial charge in [-0.15, -0.1) is 11.3 Å². The number of hydrogen-bond acceptors (Lipinski definition) is 9. The number of oxime groups is 1. The zero-order chi connectivity index (χ0) is 20.6. The van der Waals surface area contributed by atoms with Crippen molar-refractivity contribution in [3.05, 3.63) is 39.9 Å². The second-order valence-electron chi connectivity index (χ2n) is 5.65. The van der Waals surface area contributed by atoms with Gasteiger partial charge in [-0.25, -0.2) is 18.6 Å². The minimum Gasteiger partial charge on any atom is -0.534 e. The van der Waals surface area contributed by atoms with Gasteiger partial charge >= 0.3 is 13.1 Å². The molecule has 146 valence electrons. The van der Waals surface area contributed by atoms with Crippen LogP contribution in [0.5, 0.6) is 5.75 Å². The number of carbonyl (C=O) groups is 2. The molecule has 1 aromatic heterocycles. The first-order valence-electron chi connectivity index (χ1n) is 7.56. The molecule has 0 radical (unpaired) electrons. The molecule has 1 unspecified atom stereocenters. The SMILES string of the molecule is Nc1nc(C(=NO)C(=O)NC2Cc3cc(F)c(F)c(C(=O)O)c3OB2O)cs1. The van der Waals surface area contributed by atoms with Gasteiger partial charge < -0.3 is 31.0 Å². The summed E-state index contributed by atoms with van der Waals surface area (Å²) in [5, 5.41) is 34.9. The molecular weight excluding hydrogens is 401 g/mol. The molecule has 0 aliphatic carbocycles. The summed E-state index contributed by atoms with van der Waals surface area (Å²) >= 11 is 0.998. The Morgan fingerprint density at radius 3 is 2.75 bits per heavy atom. The lowest BCUT2D eigenvalue weighted by molar-refractivity contribution is -0.115. The van der Waals surface area contributed by atoms with Crippen molar-refractivity contribution in [3.63, 3.8) is 0 Å². The van der Waals surface area contributed by atoms with Gasteiger partial charge in [0.15, 0.2) is 22.5 Å². The van der Waals surface area contributed by atoms with Gasteiger partial charge in [0.05, 0.1) is 5.94 Å². The van der Waals surface area contributed by atoms with Crippen molar-refractivity contribution in [1.82, 2.24) is 10.3 Å². The first-order valence-corrected chi connectivity index (χ1v) is 8.44. The molecule has 2 aromatic rings. The summed E-state index contributed by atoms with van der Waals surface area (Å²) in [5.41, 5.74) is 3.81. The molecule has 2 heterocycles. The van der Waals surface area contributed by atoms with Crippen LogP contribution in [0.4, 0.5) is 13.9 Å². The van der Waals surface area contributed by atoms with Gasteiger partial charge in [0.2, 0.25) is 0 Å². The lowest BCUT2D eigenvalue weighted by Crippen LogP contribution is -2.54. The Morgan fingerprint density at radius 1 is 1.46 bits per heavy atom. The predicted octanol–water partition coefficient (Wildman–Crippen LogP) is 0.0196. The van der Waals surface area contributed by atoms with E-state index in [0.717, 1.165) is 11.3 Å². The van der Waals surface area contributed by atoms with Crippen molar-refractivity contribution in [1.29, 1.82) is 0 Å². The molecule has 0 fully saturated rings. The maximum Gasteiger partial charge on any atom is 0.547 e. The number of amides is 1. The number of carbonyl (C=O) groups excluding carboxylic acids is 1. The number of halogens is 2. The topological polar surface area (TPSA) is 167 Å². The number of carboxylic acids is 1. The number of benzene rings is 1. The van der Waals surface area contributed by atoms with E-state index in [1.807, 2.05) is 0 Å². The molecule has 14 heteroatoms. The Labute approximate surface area is 159 Å². The highest BCUT2D eigenvalue weighted by molar-refractivity contribution is 7.13. The highest BCUT2D eigenvalue weighted by Crippen LogP contribution is 2.33. The van der Waals surface area contributed by atoms with E-state index >= 15 is 0 Å². The molecule has 1 atom stereocenters. The second kappa shape index (κ2) is 7.40. The average molecular weight is 412 g/mol. The minimum absolute atomic E-state index is 0.0182. The van der Waals surface area contributed by atoms with E-state index in [9.17, 15) is 23.4 Å². The van der Waals surface area contributed by atoms with E-state index in [2.05, 4.69) is 15.5 Å². The monoisotopic (exact) mass is 412 g/mol. The summed E-state index contributed by atoms with van der Waals surface area (Å²) in [4.78, 5) is 27.3. The maximum absolute atomic E-state index is 13.8. The van der Waals surface area contributed by atoms with Gasteiger partial charge in [-0.3, -0.25) is 4.79 Å². The van der Waals surface area contributed by atoms with Crippen molar-refractivity contribution in [2.24, 2.45) is 5.16 Å². The average Bonchev–Trinajstić information content (AvgIpc) is 3.04. The molecular formula is C14H11BF2N4O6S. The highest BCUT2D eigenvalue weighted by atomic mass is 32.1. The molecule has 1 aromatic carbocycles. The largest absolute Gasteiger partial charge is 0.547 e. The van der Waals surface area contributed by atoms with Crippen LogP contribution in [-0.2, 0) is 11.2 Å². The number of anilines is 1. The van der Waals surface area contributed by atoms with E-state index in [1.165, 1.54) is 5.38 Å². The second-order valence-corrected chi connectivity index (χ2v) is 6.54. The molecule has 10 nitrogen and oxygen atoms in total.